The topological polar surface area (TPSA) is 87.7 Å². The molecule has 0 atom stereocenters. The summed E-state index contributed by atoms with van der Waals surface area (Å²) in [5.74, 6) is 0.382. The van der Waals surface area contributed by atoms with Gasteiger partial charge in [-0.25, -0.2) is 4.79 Å². The van der Waals surface area contributed by atoms with E-state index in [1.165, 1.54) is 0 Å². The van der Waals surface area contributed by atoms with Gasteiger partial charge in [0, 0.05) is 31.9 Å². The van der Waals surface area contributed by atoms with Crippen molar-refractivity contribution < 1.29 is 14.3 Å². The van der Waals surface area contributed by atoms with E-state index in [0.717, 1.165) is 0 Å². The summed E-state index contributed by atoms with van der Waals surface area (Å²) in [6.07, 6.45) is -0.286. The SMILES string of the molecule is CCOC(=O)N1CCN(c2ccc(C(=O)Nc3ccccc3)nn2)CC1. The third kappa shape index (κ3) is 4.27. The van der Waals surface area contributed by atoms with Crippen molar-refractivity contribution in [1.29, 1.82) is 0 Å². The molecule has 1 saturated heterocycles. The first-order valence-corrected chi connectivity index (χ1v) is 8.54. The van der Waals surface area contributed by atoms with Gasteiger partial charge >= 0.3 is 6.09 Å². The number of hydrogen-bond donors (Lipinski definition) is 1. The molecule has 0 aliphatic carbocycles. The van der Waals surface area contributed by atoms with Crippen molar-refractivity contribution in [2.75, 3.05) is 43.0 Å². The van der Waals surface area contributed by atoms with Gasteiger partial charge in [-0.3, -0.25) is 4.79 Å². The van der Waals surface area contributed by atoms with Crippen LogP contribution in [0.5, 0.6) is 0 Å². The van der Waals surface area contributed by atoms with Crippen molar-refractivity contribution in [3.05, 3.63) is 48.2 Å². The summed E-state index contributed by atoms with van der Waals surface area (Å²) in [5, 5.41) is 11.0. The van der Waals surface area contributed by atoms with Gasteiger partial charge < -0.3 is 19.9 Å². The van der Waals surface area contributed by atoms with Gasteiger partial charge in [0.05, 0.1) is 6.61 Å². The molecular formula is C18H21N5O3. The maximum Gasteiger partial charge on any atom is 0.409 e. The van der Waals surface area contributed by atoms with Crippen LogP contribution >= 0.6 is 0 Å². The Hall–Kier alpha value is -3.16. The van der Waals surface area contributed by atoms with E-state index in [-0.39, 0.29) is 17.7 Å². The fraction of sp³-hybridized carbons (Fsp3) is 0.333. The molecule has 2 heterocycles. The molecule has 0 bridgehead atoms. The molecule has 1 N–H and O–H groups in total. The van der Waals surface area contributed by atoms with Crippen LogP contribution in [0.1, 0.15) is 17.4 Å². The Morgan fingerprint density at radius 3 is 2.38 bits per heavy atom. The first-order valence-electron chi connectivity index (χ1n) is 8.54. The number of benzene rings is 1. The van der Waals surface area contributed by atoms with Crippen LogP contribution in [0.25, 0.3) is 0 Å². The molecule has 2 amide bonds. The summed E-state index contributed by atoms with van der Waals surface area (Å²) in [5.41, 5.74) is 0.959. The zero-order chi connectivity index (χ0) is 18.4. The van der Waals surface area contributed by atoms with E-state index in [9.17, 15) is 9.59 Å². The molecule has 8 nitrogen and oxygen atoms in total. The van der Waals surface area contributed by atoms with E-state index in [4.69, 9.17) is 4.74 Å². The summed E-state index contributed by atoms with van der Waals surface area (Å²) in [6.45, 7) is 4.58. The highest BCUT2D eigenvalue weighted by Crippen LogP contribution is 2.14. The maximum atomic E-state index is 12.2. The second-order valence-corrected chi connectivity index (χ2v) is 5.77. The molecule has 26 heavy (non-hydrogen) atoms. The summed E-state index contributed by atoms with van der Waals surface area (Å²) >= 11 is 0. The Morgan fingerprint density at radius 2 is 1.77 bits per heavy atom. The predicted octanol–water partition coefficient (Wildman–Crippen LogP) is 2.01. The minimum atomic E-state index is -0.303. The quantitative estimate of drug-likeness (QED) is 0.903. The number of anilines is 2. The second-order valence-electron chi connectivity index (χ2n) is 5.77. The number of nitrogens with zero attached hydrogens (tertiary/aromatic N) is 4. The number of amides is 2. The van der Waals surface area contributed by atoms with Crippen molar-refractivity contribution in [1.82, 2.24) is 15.1 Å². The highest BCUT2D eigenvalue weighted by atomic mass is 16.6. The van der Waals surface area contributed by atoms with Gasteiger partial charge in [0.15, 0.2) is 11.5 Å². The number of aromatic nitrogens is 2. The average molecular weight is 355 g/mol. The number of piperazine rings is 1. The molecule has 0 radical (unpaired) electrons. The van der Waals surface area contributed by atoms with Crippen LogP contribution in [-0.2, 0) is 4.74 Å². The number of carbonyl (C=O) groups is 2. The van der Waals surface area contributed by atoms with Crippen LogP contribution in [0.3, 0.4) is 0 Å². The number of carbonyl (C=O) groups excluding carboxylic acids is 2. The molecule has 0 saturated carbocycles. The number of ether oxygens (including phenoxy) is 1. The van der Waals surface area contributed by atoms with E-state index >= 15 is 0 Å². The molecule has 1 fully saturated rings. The van der Waals surface area contributed by atoms with E-state index in [2.05, 4.69) is 15.5 Å². The van der Waals surface area contributed by atoms with Crippen molar-refractivity contribution in [3.8, 4) is 0 Å². The monoisotopic (exact) mass is 355 g/mol. The van der Waals surface area contributed by atoms with Crippen LogP contribution in [0.15, 0.2) is 42.5 Å². The van der Waals surface area contributed by atoms with Crippen LogP contribution in [0.2, 0.25) is 0 Å². The molecule has 1 aliphatic rings. The van der Waals surface area contributed by atoms with Crippen LogP contribution in [0, 0.1) is 0 Å². The lowest BCUT2D eigenvalue weighted by molar-refractivity contribution is 0.101. The zero-order valence-corrected chi connectivity index (χ0v) is 14.6. The highest BCUT2D eigenvalue weighted by molar-refractivity contribution is 6.02. The fourth-order valence-corrected chi connectivity index (χ4v) is 2.66. The first-order chi connectivity index (χ1) is 12.7. The minimum Gasteiger partial charge on any atom is -0.450 e. The van der Waals surface area contributed by atoms with E-state index in [1.807, 2.05) is 35.2 Å². The molecule has 0 unspecified atom stereocenters. The van der Waals surface area contributed by atoms with E-state index < -0.39 is 0 Å². The van der Waals surface area contributed by atoms with Crippen molar-refractivity contribution in [2.45, 2.75) is 6.92 Å². The first kappa shape index (κ1) is 17.7. The lowest BCUT2D eigenvalue weighted by Crippen LogP contribution is -2.49. The number of rotatable bonds is 4. The fourth-order valence-electron chi connectivity index (χ4n) is 2.66. The summed E-state index contributed by atoms with van der Waals surface area (Å²) in [6, 6.07) is 12.6. The van der Waals surface area contributed by atoms with Gasteiger partial charge in [0.25, 0.3) is 5.91 Å². The minimum absolute atomic E-state index is 0.253. The molecule has 0 spiro atoms. The molecule has 1 aliphatic heterocycles. The van der Waals surface area contributed by atoms with Crippen molar-refractivity contribution in [3.63, 3.8) is 0 Å². The van der Waals surface area contributed by atoms with Gasteiger partial charge in [-0.05, 0) is 31.2 Å². The summed E-state index contributed by atoms with van der Waals surface area (Å²) in [4.78, 5) is 27.6. The Kier molecular flexibility index (Phi) is 5.62. The number of nitrogens with one attached hydrogen (secondary N) is 1. The van der Waals surface area contributed by atoms with Crippen molar-refractivity contribution in [2.24, 2.45) is 0 Å². The molecule has 1 aromatic carbocycles. The van der Waals surface area contributed by atoms with E-state index in [0.29, 0.717) is 44.3 Å². The van der Waals surface area contributed by atoms with Crippen LogP contribution in [-0.4, -0.2) is 59.9 Å². The predicted molar refractivity (Wildman–Crippen MR) is 97.2 cm³/mol. The Bertz CT molecular complexity index is 743. The molecule has 3 rings (SSSR count). The van der Waals surface area contributed by atoms with Crippen molar-refractivity contribution >= 4 is 23.5 Å². The smallest absolute Gasteiger partial charge is 0.409 e. The Balaban J connectivity index is 1.56. The average Bonchev–Trinajstić information content (AvgIpc) is 2.69. The lowest BCUT2D eigenvalue weighted by Gasteiger charge is -2.34. The van der Waals surface area contributed by atoms with Crippen LogP contribution < -0.4 is 10.2 Å². The van der Waals surface area contributed by atoms with Gasteiger partial charge in [-0.1, -0.05) is 18.2 Å². The van der Waals surface area contributed by atoms with Gasteiger partial charge in [0.1, 0.15) is 0 Å². The Labute approximate surface area is 151 Å². The molecule has 8 heteroatoms. The maximum absolute atomic E-state index is 12.2. The van der Waals surface area contributed by atoms with Gasteiger partial charge in [-0.15, -0.1) is 10.2 Å². The van der Waals surface area contributed by atoms with Gasteiger partial charge in [0.2, 0.25) is 0 Å². The third-order valence-corrected chi connectivity index (χ3v) is 4.04. The highest BCUT2D eigenvalue weighted by Gasteiger charge is 2.23. The third-order valence-electron chi connectivity index (χ3n) is 4.04. The standard InChI is InChI=1S/C18H21N5O3/c1-2-26-18(25)23-12-10-22(11-13-23)16-9-8-15(20-21-16)17(24)19-14-6-4-3-5-7-14/h3-9H,2,10-13H2,1H3,(H,19,24). The lowest BCUT2D eigenvalue weighted by atomic mass is 10.3. The molecular weight excluding hydrogens is 334 g/mol. The summed E-state index contributed by atoms with van der Waals surface area (Å²) < 4.78 is 5.01. The van der Waals surface area contributed by atoms with Crippen LogP contribution in [0.4, 0.5) is 16.3 Å². The number of hydrogen-bond acceptors (Lipinski definition) is 6. The molecule has 136 valence electrons. The molecule has 1 aromatic heterocycles. The molecule has 2 aromatic rings. The summed E-state index contributed by atoms with van der Waals surface area (Å²) in [7, 11) is 0. The zero-order valence-electron chi connectivity index (χ0n) is 14.6. The van der Waals surface area contributed by atoms with Gasteiger partial charge in [-0.2, -0.15) is 0 Å². The van der Waals surface area contributed by atoms with E-state index in [1.54, 1.807) is 24.0 Å². The largest absolute Gasteiger partial charge is 0.450 e. The Morgan fingerprint density at radius 1 is 1.04 bits per heavy atom. The normalized spacial score (nSPS) is 14.0. The number of para-hydroxylation sites is 1. The second kappa shape index (κ2) is 8.28.